The first-order valence-electron chi connectivity index (χ1n) is 7.38. The number of rotatable bonds is 5. The second kappa shape index (κ2) is 7.43. The van der Waals surface area contributed by atoms with Crippen molar-refractivity contribution in [3.63, 3.8) is 0 Å². The van der Waals surface area contributed by atoms with Gasteiger partial charge in [-0.25, -0.2) is 0 Å². The first-order chi connectivity index (χ1) is 10.2. The number of carbonyl (C=O) groups is 1. The van der Waals surface area contributed by atoms with Crippen LogP contribution in [0.1, 0.15) is 22.8 Å². The molecular weight excluding hydrogens is 268 g/mol. The minimum atomic E-state index is 0.0866. The summed E-state index contributed by atoms with van der Waals surface area (Å²) in [7, 11) is 3.71. The highest BCUT2D eigenvalue weighted by Gasteiger charge is 2.21. The maximum absolute atomic E-state index is 12.6. The zero-order valence-electron chi connectivity index (χ0n) is 13.1. The van der Waals surface area contributed by atoms with Gasteiger partial charge < -0.3 is 19.3 Å². The fourth-order valence-corrected chi connectivity index (χ4v) is 2.43. The summed E-state index contributed by atoms with van der Waals surface area (Å²) in [5, 5.41) is 0. The number of benzene rings is 1. The zero-order chi connectivity index (χ0) is 15.2. The van der Waals surface area contributed by atoms with Gasteiger partial charge in [0, 0.05) is 43.9 Å². The number of nitrogens with zero attached hydrogens (tertiary/aromatic N) is 2. The molecule has 1 aromatic carbocycles. The lowest BCUT2D eigenvalue weighted by Gasteiger charge is -2.32. The van der Waals surface area contributed by atoms with Crippen molar-refractivity contribution in [2.75, 3.05) is 46.9 Å². The Morgan fingerprint density at radius 2 is 1.95 bits per heavy atom. The van der Waals surface area contributed by atoms with E-state index in [1.54, 1.807) is 7.11 Å². The molecule has 1 saturated heterocycles. The molecule has 0 spiro atoms. The molecule has 1 aromatic rings. The average Bonchev–Trinajstić information content (AvgIpc) is 2.52. The smallest absolute Gasteiger partial charge is 0.253 e. The Morgan fingerprint density at radius 1 is 1.24 bits per heavy atom. The molecule has 1 fully saturated rings. The van der Waals surface area contributed by atoms with Crippen molar-refractivity contribution >= 4 is 5.91 Å². The Morgan fingerprint density at radius 3 is 2.57 bits per heavy atom. The van der Waals surface area contributed by atoms with Crippen LogP contribution >= 0.6 is 0 Å². The molecule has 1 amide bonds. The lowest BCUT2D eigenvalue weighted by atomic mass is 10.1. The van der Waals surface area contributed by atoms with Crippen LogP contribution in [0.15, 0.2) is 18.2 Å². The molecule has 5 nitrogen and oxygen atoms in total. The third kappa shape index (κ3) is 3.95. The fraction of sp³-hybridized carbons (Fsp3) is 0.562. The normalized spacial score (nSPS) is 16.0. The van der Waals surface area contributed by atoms with Crippen LogP contribution in [0.25, 0.3) is 0 Å². The minimum absolute atomic E-state index is 0.0866. The van der Waals surface area contributed by atoms with Crippen LogP contribution in [0.5, 0.6) is 5.75 Å². The third-order valence-corrected chi connectivity index (χ3v) is 3.78. The molecule has 0 N–H and O–H groups in total. The van der Waals surface area contributed by atoms with Crippen LogP contribution in [-0.2, 0) is 11.3 Å². The lowest BCUT2D eigenvalue weighted by molar-refractivity contribution is 0.0663. The van der Waals surface area contributed by atoms with E-state index in [-0.39, 0.29) is 5.91 Å². The van der Waals surface area contributed by atoms with E-state index in [9.17, 15) is 4.79 Å². The van der Waals surface area contributed by atoms with Crippen molar-refractivity contribution in [3.05, 3.63) is 29.3 Å². The van der Waals surface area contributed by atoms with Gasteiger partial charge in [0.25, 0.3) is 5.91 Å². The van der Waals surface area contributed by atoms with Crippen molar-refractivity contribution in [3.8, 4) is 5.75 Å². The average molecular weight is 292 g/mol. The SMILES string of the molecule is CCOCc1cc(C(=O)N2CCN(C)CC2)ccc1OC. The van der Waals surface area contributed by atoms with Gasteiger partial charge in [-0.2, -0.15) is 0 Å². The van der Waals surface area contributed by atoms with E-state index < -0.39 is 0 Å². The molecule has 0 aromatic heterocycles. The highest BCUT2D eigenvalue weighted by Crippen LogP contribution is 2.22. The molecular formula is C16H24N2O3. The third-order valence-electron chi connectivity index (χ3n) is 3.78. The summed E-state index contributed by atoms with van der Waals surface area (Å²) in [6, 6.07) is 5.56. The van der Waals surface area contributed by atoms with Crippen LogP contribution < -0.4 is 4.74 Å². The first-order valence-corrected chi connectivity index (χ1v) is 7.38. The van der Waals surface area contributed by atoms with Gasteiger partial charge in [0.1, 0.15) is 5.75 Å². The van der Waals surface area contributed by atoms with Gasteiger partial charge in [-0.1, -0.05) is 0 Å². The number of likely N-dealkylation sites (N-methyl/N-ethyl adjacent to an activating group) is 1. The van der Waals surface area contributed by atoms with E-state index in [1.807, 2.05) is 30.0 Å². The largest absolute Gasteiger partial charge is 0.496 e. The number of carbonyl (C=O) groups excluding carboxylic acids is 1. The van der Waals surface area contributed by atoms with E-state index in [2.05, 4.69) is 11.9 Å². The van der Waals surface area contributed by atoms with Crippen LogP contribution in [0, 0.1) is 0 Å². The molecule has 0 saturated carbocycles. The number of methoxy groups -OCH3 is 1. The number of ether oxygens (including phenoxy) is 2. The molecule has 1 aliphatic heterocycles. The van der Waals surface area contributed by atoms with Gasteiger partial charge in [-0.05, 0) is 32.2 Å². The molecule has 2 rings (SSSR count). The topological polar surface area (TPSA) is 42.0 Å². The van der Waals surface area contributed by atoms with E-state index >= 15 is 0 Å². The Labute approximate surface area is 126 Å². The molecule has 0 bridgehead atoms. The number of piperazine rings is 1. The minimum Gasteiger partial charge on any atom is -0.496 e. The van der Waals surface area contributed by atoms with Crippen LogP contribution in [0.4, 0.5) is 0 Å². The van der Waals surface area contributed by atoms with E-state index in [1.165, 1.54) is 0 Å². The summed E-state index contributed by atoms with van der Waals surface area (Å²) in [5.74, 6) is 0.849. The van der Waals surface area contributed by atoms with E-state index in [0.717, 1.165) is 37.5 Å². The molecule has 5 heteroatoms. The number of amides is 1. The van der Waals surface area contributed by atoms with Gasteiger partial charge in [0.05, 0.1) is 13.7 Å². The monoisotopic (exact) mass is 292 g/mol. The summed E-state index contributed by atoms with van der Waals surface area (Å²) >= 11 is 0. The standard InChI is InChI=1S/C16H24N2O3/c1-4-21-12-14-11-13(5-6-15(14)20-3)16(19)18-9-7-17(2)8-10-18/h5-6,11H,4,7-10,12H2,1-3H3. The van der Waals surface area contributed by atoms with Crippen molar-refractivity contribution < 1.29 is 14.3 Å². The second-order valence-electron chi connectivity index (χ2n) is 5.26. The highest BCUT2D eigenvalue weighted by atomic mass is 16.5. The second-order valence-corrected chi connectivity index (χ2v) is 5.26. The molecule has 116 valence electrons. The molecule has 21 heavy (non-hydrogen) atoms. The number of hydrogen-bond acceptors (Lipinski definition) is 4. The predicted molar refractivity (Wildman–Crippen MR) is 81.7 cm³/mol. The van der Waals surface area contributed by atoms with Crippen LogP contribution in [0.2, 0.25) is 0 Å². The summed E-state index contributed by atoms with van der Waals surface area (Å²) in [4.78, 5) is 16.7. The maximum Gasteiger partial charge on any atom is 0.253 e. The van der Waals surface area contributed by atoms with Crippen LogP contribution in [0.3, 0.4) is 0 Å². The Bertz CT molecular complexity index is 482. The first kappa shape index (κ1) is 15.8. The van der Waals surface area contributed by atoms with Crippen LogP contribution in [-0.4, -0.2) is 62.7 Å². The molecule has 0 aliphatic carbocycles. The molecule has 0 unspecified atom stereocenters. The summed E-state index contributed by atoms with van der Waals surface area (Å²) < 4.78 is 10.8. The Kier molecular flexibility index (Phi) is 5.59. The van der Waals surface area contributed by atoms with Gasteiger partial charge in [-0.3, -0.25) is 4.79 Å². The lowest BCUT2D eigenvalue weighted by Crippen LogP contribution is -2.47. The van der Waals surface area contributed by atoms with Crippen molar-refractivity contribution in [1.29, 1.82) is 0 Å². The Balaban J connectivity index is 2.13. The molecule has 0 atom stereocenters. The predicted octanol–water partition coefficient (Wildman–Crippen LogP) is 1.62. The van der Waals surface area contributed by atoms with E-state index in [4.69, 9.17) is 9.47 Å². The summed E-state index contributed by atoms with van der Waals surface area (Å²) in [5.41, 5.74) is 1.62. The fourth-order valence-electron chi connectivity index (χ4n) is 2.43. The molecule has 0 radical (unpaired) electrons. The molecule has 1 aliphatic rings. The van der Waals surface area contributed by atoms with Gasteiger partial charge >= 0.3 is 0 Å². The van der Waals surface area contributed by atoms with Crippen molar-refractivity contribution in [2.24, 2.45) is 0 Å². The summed E-state index contributed by atoms with van der Waals surface area (Å²) in [6.45, 7) is 6.46. The van der Waals surface area contributed by atoms with Gasteiger partial charge in [-0.15, -0.1) is 0 Å². The quantitative estimate of drug-likeness (QED) is 0.827. The Hall–Kier alpha value is -1.59. The highest BCUT2D eigenvalue weighted by molar-refractivity contribution is 5.94. The maximum atomic E-state index is 12.6. The van der Waals surface area contributed by atoms with E-state index in [0.29, 0.717) is 18.8 Å². The molecule has 1 heterocycles. The van der Waals surface area contributed by atoms with Gasteiger partial charge in [0.15, 0.2) is 0 Å². The number of hydrogen-bond donors (Lipinski definition) is 0. The summed E-state index contributed by atoms with van der Waals surface area (Å²) in [6.07, 6.45) is 0. The van der Waals surface area contributed by atoms with Gasteiger partial charge in [0.2, 0.25) is 0 Å². The zero-order valence-corrected chi connectivity index (χ0v) is 13.1. The van der Waals surface area contributed by atoms with Crippen molar-refractivity contribution in [2.45, 2.75) is 13.5 Å². The van der Waals surface area contributed by atoms with Crippen molar-refractivity contribution in [1.82, 2.24) is 9.80 Å².